The third kappa shape index (κ3) is 5.65. The number of hydrogen-bond donors (Lipinski definition) is 2. The predicted molar refractivity (Wildman–Crippen MR) is 130 cm³/mol. The smallest absolute Gasteiger partial charge is 0.116 e. The van der Waals surface area contributed by atoms with Crippen LogP contribution in [0.1, 0.15) is 55.2 Å². The molecule has 0 aromatic heterocycles. The lowest BCUT2D eigenvalue weighted by molar-refractivity contribution is 0.475. The van der Waals surface area contributed by atoms with Crippen LogP contribution in [0.3, 0.4) is 0 Å². The van der Waals surface area contributed by atoms with Gasteiger partial charge in [-0.05, 0) is 91.5 Å². The monoisotopic (exact) mass is 411 g/mol. The Balaban J connectivity index is 1.58. The Labute approximate surface area is 186 Å². The molecule has 160 valence electrons. The van der Waals surface area contributed by atoms with Crippen molar-refractivity contribution in [2.75, 3.05) is 6.54 Å². The van der Waals surface area contributed by atoms with Gasteiger partial charge in [-0.2, -0.15) is 0 Å². The third-order valence-corrected chi connectivity index (χ3v) is 6.53. The van der Waals surface area contributed by atoms with Crippen LogP contribution < -0.4 is 5.32 Å². The van der Waals surface area contributed by atoms with E-state index in [9.17, 15) is 5.11 Å². The minimum absolute atomic E-state index is 0.315. The Morgan fingerprint density at radius 1 is 0.935 bits per heavy atom. The summed E-state index contributed by atoms with van der Waals surface area (Å²) in [6.45, 7) is 3.26. The van der Waals surface area contributed by atoms with Crippen molar-refractivity contribution in [2.45, 2.75) is 51.0 Å². The zero-order chi connectivity index (χ0) is 21.5. The first-order chi connectivity index (χ1) is 15.2. The van der Waals surface area contributed by atoms with Gasteiger partial charge in [0.15, 0.2) is 0 Å². The molecule has 0 bridgehead atoms. The molecule has 0 saturated heterocycles. The van der Waals surface area contributed by atoms with Crippen LogP contribution in [0.2, 0.25) is 0 Å². The minimum atomic E-state index is 0.315. The lowest BCUT2D eigenvalue weighted by Crippen LogP contribution is -2.30. The molecule has 31 heavy (non-hydrogen) atoms. The molecule has 0 radical (unpaired) electrons. The maximum atomic E-state index is 10.2. The molecule has 1 aliphatic rings. The lowest BCUT2D eigenvalue weighted by atomic mass is 9.86. The fourth-order valence-corrected chi connectivity index (χ4v) is 4.85. The van der Waals surface area contributed by atoms with Crippen molar-refractivity contribution in [1.82, 2.24) is 5.32 Å². The van der Waals surface area contributed by atoms with Crippen LogP contribution >= 0.6 is 0 Å². The molecular weight excluding hydrogens is 378 g/mol. The Bertz CT molecular complexity index is 994. The van der Waals surface area contributed by atoms with E-state index >= 15 is 0 Å². The van der Waals surface area contributed by atoms with Crippen LogP contribution in [0.15, 0.2) is 90.5 Å². The number of nitrogens with one attached hydrogen (secondary N) is 1. The molecule has 2 unspecified atom stereocenters. The second kappa shape index (κ2) is 10.5. The molecule has 3 aromatic rings. The van der Waals surface area contributed by atoms with Crippen molar-refractivity contribution in [1.29, 1.82) is 0 Å². The maximum absolute atomic E-state index is 10.2. The second-order valence-corrected chi connectivity index (χ2v) is 8.67. The topological polar surface area (TPSA) is 32.3 Å². The molecule has 2 atom stereocenters. The van der Waals surface area contributed by atoms with E-state index in [2.05, 4.69) is 79.0 Å². The molecule has 3 aromatic carbocycles. The highest BCUT2D eigenvalue weighted by Crippen LogP contribution is 2.40. The number of hydrogen-bond acceptors (Lipinski definition) is 2. The largest absolute Gasteiger partial charge is 0.508 e. The van der Waals surface area contributed by atoms with E-state index in [0.29, 0.717) is 17.7 Å². The molecule has 2 heteroatoms. The van der Waals surface area contributed by atoms with E-state index in [1.807, 2.05) is 12.1 Å². The Kier molecular flexibility index (Phi) is 7.22. The van der Waals surface area contributed by atoms with Gasteiger partial charge in [0.25, 0.3) is 0 Å². The normalized spacial score (nSPS) is 17.9. The highest BCUT2D eigenvalue weighted by atomic mass is 16.3. The van der Waals surface area contributed by atoms with E-state index in [1.165, 1.54) is 35.1 Å². The summed E-state index contributed by atoms with van der Waals surface area (Å²) < 4.78 is 0. The minimum Gasteiger partial charge on any atom is -0.508 e. The van der Waals surface area contributed by atoms with E-state index in [4.69, 9.17) is 0 Å². The number of phenols is 1. The van der Waals surface area contributed by atoms with E-state index < -0.39 is 0 Å². The van der Waals surface area contributed by atoms with Gasteiger partial charge in [0.2, 0.25) is 0 Å². The number of allylic oxidation sites excluding steroid dienone is 1. The first kappa shape index (κ1) is 21.4. The predicted octanol–water partition coefficient (Wildman–Crippen LogP) is 6.72. The van der Waals surface area contributed by atoms with Crippen LogP contribution in [0.4, 0.5) is 0 Å². The first-order valence-electron chi connectivity index (χ1n) is 11.5. The summed E-state index contributed by atoms with van der Waals surface area (Å²) in [5.41, 5.74) is 6.86. The van der Waals surface area contributed by atoms with Crippen LogP contribution in [0.5, 0.6) is 5.75 Å². The Morgan fingerprint density at radius 2 is 1.68 bits per heavy atom. The van der Waals surface area contributed by atoms with Crippen LogP contribution in [-0.2, 0) is 6.42 Å². The fourth-order valence-electron chi connectivity index (χ4n) is 4.85. The highest BCUT2D eigenvalue weighted by molar-refractivity contribution is 5.71. The molecule has 0 spiro atoms. The number of aromatic hydroxyl groups is 1. The zero-order valence-corrected chi connectivity index (χ0v) is 18.4. The average Bonchev–Trinajstić information content (AvgIpc) is 3.04. The fraction of sp³-hybridized carbons (Fsp3) is 0.310. The molecule has 0 saturated carbocycles. The second-order valence-electron chi connectivity index (χ2n) is 8.67. The van der Waals surface area contributed by atoms with Gasteiger partial charge in [0.05, 0.1) is 0 Å². The quantitative estimate of drug-likeness (QED) is 0.452. The van der Waals surface area contributed by atoms with Crippen molar-refractivity contribution < 1.29 is 5.11 Å². The summed E-state index contributed by atoms with van der Waals surface area (Å²) in [7, 11) is 0. The van der Waals surface area contributed by atoms with Crippen LogP contribution in [-0.4, -0.2) is 17.7 Å². The summed E-state index contributed by atoms with van der Waals surface area (Å²) >= 11 is 0. The van der Waals surface area contributed by atoms with Gasteiger partial charge >= 0.3 is 0 Å². The van der Waals surface area contributed by atoms with Crippen molar-refractivity contribution >= 4 is 5.57 Å². The van der Waals surface area contributed by atoms with Crippen molar-refractivity contribution in [3.8, 4) is 5.75 Å². The third-order valence-electron chi connectivity index (χ3n) is 6.53. The van der Waals surface area contributed by atoms with Gasteiger partial charge in [-0.1, -0.05) is 72.8 Å². The van der Waals surface area contributed by atoms with Crippen LogP contribution in [0.25, 0.3) is 5.57 Å². The van der Waals surface area contributed by atoms with Crippen molar-refractivity contribution in [3.05, 3.63) is 107 Å². The van der Waals surface area contributed by atoms with Crippen molar-refractivity contribution in [3.63, 3.8) is 0 Å². The van der Waals surface area contributed by atoms with Gasteiger partial charge in [-0.15, -0.1) is 0 Å². The molecule has 2 nitrogen and oxygen atoms in total. The van der Waals surface area contributed by atoms with Gasteiger partial charge in [0.1, 0.15) is 5.75 Å². The molecule has 0 fully saturated rings. The summed E-state index contributed by atoms with van der Waals surface area (Å²) in [5, 5.41) is 13.9. The van der Waals surface area contributed by atoms with E-state index in [1.54, 1.807) is 6.07 Å². The Morgan fingerprint density at radius 3 is 2.42 bits per heavy atom. The van der Waals surface area contributed by atoms with Gasteiger partial charge < -0.3 is 10.4 Å². The van der Waals surface area contributed by atoms with E-state index in [0.717, 1.165) is 31.4 Å². The molecule has 4 rings (SSSR count). The SMILES string of the molecule is CC(NCCc1ccccc1)C1=C(c2cccc(O)c2)CC(c2ccccc2)CCC1. The number of phenolic OH excluding ortho intramolecular Hbond substituents is 1. The summed E-state index contributed by atoms with van der Waals surface area (Å²) in [6, 6.07) is 29.7. The summed E-state index contributed by atoms with van der Waals surface area (Å²) in [5.74, 6) is 0.863. The number of benzene rings is 3. The van der Waals surface area contributed by atoms with Crippen LogP contribution in [0, 0.1) is 0 Å². The van der Waals surface area contributed by atoms with Gasteiger partial charge in [-0.3, -0.25) is 0 Å². The molecule has 0 aliphatic heterocycles. The summed E-state index contributed by atoms with van der Waals surface area (Å²) in [6.07, 6.45) is 5.56. The van der Waals surface area contributed by atoms with E-state index in [-0.39, 0.29) is 0 Å². The van der Waals surface area contributed by atoms with Gasteiger partial charge in [-0.25, -0.2) is 0 Å². The lowest BCUT2D eigenvalue weighted by Gasteiger charge is -2.23. The molecule has 2 N–H and O–H groups in total. The number of rotatable bonds is 7. The standard InChI is InChI=1S/C29H33NO/c1-22(30-19-18-23-10-4-2-5-11-23)28-17-9-14-25(24-12-6-3-7-13-24)21-29(28)26-15-8-16-27(31)20-26/h2-8,10-13,15-16,20,22,25,30-31H,9,14,17-19,21H2,1H3. The molecule has 0 heterocycles. The van der Waals surface area contributed by atoms with Crippen molar-refractivity contribution in [2.24, 2.45) is 0 Å². The Hall–Kier alpha value is -2.84. The van der Waals surface area contributed by atoms with Gasteiger partial charge in [0, 0.05) is 6.04 Å². The first-order valence-corrected chi connectivity index (χ1v) is 11.5. The maximum Gasteiger partial charge on any atom is 0.116 e. The molecular formula is C29H33NO. The highest BCUT2D eigenvalue weighted by Gasteiger charge is 2.24. The summed E-state index contributed by atoms with van der Waals surface area (Å²) in [4.78, 5) is 0. The zero-order valence-electron chi connectivity index (χ0n) is 18.4. The molecule has 0 amide bonds. The average molecular weight is 412 g/mol. The molecule has 1 aliphatic carbocycles.